The zero-order valence-corrected chi connectivity index (χ0v) is 17.0. The monoisotopic (exact) mass is 393 g/mol. The van der Waals surface area contributed by atoms with Crippen molar-refractivity contribution >= 4 is 29.4 Å². The van der Waals surface area contributed by atoms with E-state index in [2.05, 4.69) is 15.4 Å². The highest BCUT2D eigenvalue weighted by Gasteiger charge is 2.19. The minimum Gasteiger partial charge on any atom is -0.465 e. The van der Waals surface area contributed by atoms with Crippen LogP contribution < -0.4 is 10.6 Å². The molecule has 0 aliphatic carbocycles. The van der Waals surface area contributed by atoms with Gasteiger partial charge in [-0.2, -0.15) is 0 Å². The predicted molar refractivity (Wildman–Crippen MR) is 103 cm³/mol. The molecule has 1 aromatic carbocycles. The molecule has 0 aromatic heterocycles. The maximum absolute atomic E-state index is 12.4. The van der Waals surface area contributed by atoms with E-state index in [0.717, 1.165) is 0 Å². The zero-order valence-electron chi connectivity index (χ0n) is 17.0. The lowest BCUT2D eigenvalue weighted by Gasteiger charge is -2.23. The summed E-state index contributed by atoms with van der Waals surface area (Å²) in [5, 5.41) is 5.38. The molecular weight excluding hydrogens is 366 g/mol. The molecule has 0 unspecified atom stereocenters. The fourth-order valence-electron chi connectivity index (χ4n) is 2.37. The van der Waals surface area contributed by atoms with Crippen LogP contribution in [0.4, 0.5) is 5.69 Å². The van der Waals surface area contributed by atoms with E-state index < -0.39 is 17.8 Å². The van der Waals surface area contributed by atoms with Crippen LogP contribution in [0.25, 0.3) is 0 Å². The molecule has 2 amide bonds. The Balaban J connectivity index is 2.87. The van der Waals surface area contributed by atoms with Crippen molar-refractivity contribution in [3.05, 3.63) is 29.3 Å². The number of nitrogens with zero attached hydrogens (tertiary/aromatic N) is 1. The van der Waals surface area contributed by atoms with Gasteiger partial charge in [0.05, 0.1) is 44.1 Å². The summed E-state index contributed by atoms with van der Waals surface area (Å²) in [6.45, 7) is 5.51. The van der Waals surface area contributed by atoms with Crippen LogP contribution in [0.5, 0.6) is 0 Å². The van der Waals surface area contributed by atoms with Gasteiger partial charge < -0.3 is 20.1 Å². The summed E-state index contributed by atoms with van der Waals surface area (Å²) < 4.78 is 9.35. The van der Waals surface area contributed by atoms with Gasteiger partial charge in [-0.25, -0.2) is 9.59 Å². The van der Waals surface area contributed by atoms with Crippen LogP contribution in [0.15, 0.2) is 18.2 Å². The highest BCUT2D eigenvalue weighted by molar-refractivity contribution is 6.04. The quantitative estimate of drug-likeness (QED) is 0.666. The Hall–Kier alpha value is -2.94. The second-order valence-corrected chi connectivity index (χ2v) is 7.26. The fourth-order valence-corrected chi connectivity index (χ4v) is 2.37. The first kappa shape index (κ1) is 23.1. The van der Waals surface area contributed by atoms with Gasteiger partial charge >= 0.3 is 11.9 Å². The van der Waals surface area contributed by atoms with Crippen molar-refractivity contribution in [3.63, 3.8) is 0 Å². The Morgan fingerprint density at radius 1 is 0.964 bits per heavy atom. The Bertz CT molecular complexity index is 755. The Morgan fingerprint density at radius 3 is 2.07 bits per heavy atom. The van der Waals surface area contributed by atoms with Gasteiger partial charge in [0.2, 0.25) is 11.8 Å². The molecule has 0 atom stereocenters. The first-order chi connectivity index (χ1) is 13.0. The van der Waals surface area contributed by atoms with Crippen molar-refractivity contribution in [2.24, 2.45) is 0 Å². The summed E-state index contributed by atoms with van der Waals surface area (Å²) in [5.41, 5.74) is 0.0106. The summed E-state index contributed by atoms with van der Waals surface area (Å²) >= 11 is 0. The van der Waals surface area contributed by atoms with Gasteiger partial charge in [-0.05, 0) is 46.0 Å². The van der Waals surface area contributed by atoms with Gasteiger partial charge in [-0.15, -0.1) is 0 Å². The van der Waals surface area contributed by atoms with Gasteiger partial charge in [0, 0.05) is 5.54 Å². The first-order valence-electron chi connectivity index (χ1n) is 8.57. The van der Waals surface area contributed by atoms with Crippen molar-refractivity contribution in [2.45, 2.75) is 26.3 Å². The summed E-state index contributed by atoms with van der Waals surface area (Å²) in [6, 6.07) is 4.10. The lowest BCUT2D eigenvalue weighted by Crippen LogP contribution is -2.46. The van der Waals surface area contributed by atoms with Crippen LogP contribution in [0.3, 0.4) is 0 Å². The van der Waals surface area contributed by atoms with E-state index in [0.29, 0.717) is 0 Å². The number of rotatable bonds is 7. The molecule has 2 N–H and O–H groups in total. The van der Waals surface area contributed by atoms with E-state index in [-0.39, 0.29) is 41.3 Å². The van der Waals surface area contributed by atoms with Crippen molar-refractivity contribution in [1.29, 1.82) is 0 Å². The summed E-state index contributed by atoms with van der Waals surface area (Å²) in [7, 11) is 4.06. The highest BCUT2D eigenvalue weighted by Crippen LogP contribution is 2.19. The predicted octanol–water partition coefficient (Wildman–Crippen LogP) is 1.04. The second-order valence-electron chi connectivity index (χ2n) is 7.26. The number of carbonyl (C=O) groups is 4. The maximum atomic E-state index is 12.4. The standard InChI is InChI=1S/C19H27N3O6/c1-19(2,3)21-16(24)11-22(4)10-15(23)20-14-9-12(17(25)27-5)7-8-13(14)18(26)28-6/h7-9H,10-11H2,1-6H3,(H,20,23)(H,21,24). The number of nitrogens with one attached hydrogen (secondary N) is 2. The average molecular weight is 393 g/mol. The van der Waals surface area contributed by atoms with E-state index in [1.807, 2.05) is 20.8 Å². The lowest BCUT2D eigenvalue weighted by molar-refractivity contribution is -0.124. The molecule has 0 aliphatic rings. The largest absolute Gasteiger partial charge is 0.465 e. The minimum atomic E-state index is -0.662. The fraction of sp³-hybridized carbons (Fsp3) is 0.474. The van der Waals surface area contributed by atoms with Crippen molar-refractivity contribution < 1.29 is 28.7 Å². The number of hydrogen-bond donors (Lipinski definition) is 2. The third-order valence-electron chi connectivity index (χ3n) is 3.46. The summed E-state index contributed by atoms with van der Waals surface area (Å²) in [4.78, 5) is 49.4. The van der Waals surface area contributed by atoms with Crippen molar-refractivity contribution in [3.8, 4) is 0 Å². The first-order valence-corrected chi connectivity index (χ1v) is 8.57. The molecule has 0 aliphatic heterocycles. The Labute approximate surface area is 164 Å². The molecule has 0 saturated carbocycles. The molecule has 0 bridgehead atoms. The van der Waals surface area contributed by atoms with E-state index >= 15 is 0 Å². The molecule has 9 nitrogen and oxygen atoms in total. The van der Waals surface area contributed by atoms with Crippen LogP contribution in [0.2, 0.25) is 0 Å². The molecule has 1 aromatic rings. The van der Waals surface area contributed by atoms with Crippen LogP contribution in [-0.2, 0) is 19.1 Å². The van der Waals surface area contributed by atoms with Crippen LogP contribution >= 0.6 is 0 Å². The number of methoxy groups -OCH3 is 2. The van der Waals surface area contributed by atoms with Crippen LogP contribution in [0, 0.1) is 0 Å². The van der Waals surface area contributed by atoms with Crippen molar-refractivity contribution in [2.75, 3.05) is 39.7 Å². The number of hydrogen-bond acceptors (Lipinski definition) is 7. The number of esters is 2. The van der Waals surface area contributed by atoms with Gasteiger partial charge in [0.15, 0.2) is 0 Å². The number of amides is 2. The number of anilines is 1. The van der Waals surface area contributed by atoms with E-state index in [9.17, 15) is 19.2 Å². The number of carbonyl (C=O) groups excluding carboxylic acids is 4. The molecule has 0 spiro atoms. The topological polar surface area (TPSA) is 114 Å². The number of ether oxygens (including phenoxy) is 2. The van der Waals surface area contributed by atoms with Gasteiger partial charge in [0.1, 0.15) is 0 Å². The molecule has 0 saturated heterocycles. The van der Waals surface area contributed by atoms with E-state index in [4.69, 9.17) is 4.74 Å². The van der Waals surface area contributed by atoms with Crippen molar-refractivity contribution in [1.82, 2.24) is 10.2 Å². The summed E-state index contributed by atoms with van der Waals surface area (Å²) in [6.07, 6.45) is 0. The third kappa shape index (κ3) is 7.36. The van der Waals surface area contributed by atoms with Gasteiger partial charge in [-0.1, -0.05) is 0 Å². The van der Waals surface area contributed by atoms with Gasteiger partial charge in [-0.3, -0.25) is 14.5 Å². The molecule has 1 rings (SSSR count). The molecule has 28 heavy (non-hydrogen) atoms. The molecule has 0 heterocycles. The van der Waals surface area contributed by atoms with E-state index in [1.54, 1.807) is 7.05 Å². The van der Waals surface area contributed by atoms with Gasteiger partial charge in [0.25, 0.3) is 0 Å². The Morgan fingerprint density at radius 2 is 1.54 bits per heavy atom. The van der Waals surface area contributed by atoms with Crippen LogP contribution in [0.1, 0.15) is 41.5 Å². The third-order valence-corrected chi connectivity index (χ3v) is 3.46. The molecule has 154 valence electrons. The smallest absolute Gasteiger partial charge is 0.339 e. The van der Waals surface area contributed by atoms with E-state index in [1.165, 1.54) is 37.3 Å². The SMILES string of the molecule is COC(=O)c1ccc(C(=O)OC)c(NC(=O)CN(C)CC(=O)NC(C)(C)C)c1. The summed E-state index contributed by atoms with van der Waals surface area (Å²) in [5.74, 6) is -1.95. The number of benzene rings is 1. The minimum absolute atomic E-state index is 0.0246. The second kappa shape index (κ2) is 9.84. The lowest BCUT2D eigenvalue weighted by atomic mass is 10.1. The van der Waals surface area contributed by atoms with Crippen LogP contribution in [-0.4, -0.2) is 68.5 Å². The molecular formula is C19H27N3O6. The normalized spacial score (nSPS) is 11.0. The molecule has 0 radical (unpaired) electrons. The Kier molecular flexibility index (Phi) is 8.12. The number of likely N-dealkylation sites (N-methyl/N-ethyl adjacent to an activating group) is 1. The zero-order chi connectivity index (χ0) is 21.5. The maximum Gasteiger partial charge on any atom is 0.339 e. The average Bonchev–Trinajstić information content (AvgIpc) is 2.58. The highest BCUT2D eigenvalue weighted by atomic mass is 16.5. The molecule has 9 heteroatoms. The molecule has 0 fully saturated rings.